The molecule has 2 amide bonds. The molecule has 2 aliphatic rings. The average Bonchev–Trinajstić information content (AvgIpc) is 3.06. The van der Waals surface area contributed by atoms with E-state index in [0.29, 0.717) is 6.42 Å². The number of nitrogens with one attached hydrogen (secondary N) is 1. The molecule has 1 heterocycles. The molecule has 5 nitrogen and oxygen atoms in total. The fourth-order valence-electron chi connectivity index (χ4n) is 4.95. The molecule has 29 heavy (non-hydrogen) atoms. The smallest absolute Gasteiger partial charge is 0.260 e. The van der Waals surface area contributed by atoms with Crippen LogP contribution >= 0.6 is 0 Å². The Bertz CT molecular complexity index is 873. The maximum atomic E-state index is 12.6. The van der Waals surface area contributed by atoms with Gasteiger partial charge in [0.25, 0.3) is 5.91 Å². The lowest BCUT2D eigenvalue weighted by molar-refractivity contribution is -0.135. The summed E-state index contributed by atoms with van der Waals surface area (Å²) in [5.74, 6) is 1.11. The van der Waals surface area contributed by atoms with E-state index in [-0.39, 0.29) is 29.8 Å². The summed E-state index contributed by atoms with van der Waals surface area (Å²) in [5, 5.41) is 2.76. The van der Waals surface area contributed by atoms with Crippen LogP contribution in [0.2, 0.25) is 0 Å². The molecule has 5 heteroatoms. The largest absolute Gasteiger partial charge is 0.484 e. The monoisotopic (exact) mass is 392 g/mol. The normalized spacial score (nSPS) is 19.6. The molecular weight excluding hydrogens is 364 g/mol. The Hall–Kier alpha value is -2.82. The number of piperidine rings is 1. The summed E-state index contributed by atoms with van der Waals surface area (Å²) < 4.78 is 5.63. The summed E-state index contributed by atoms with van der Waals surface area (Å²) in [5.41, 5.74) is 2.76. The number of nitrogens with zero attached hydrogens (tertiary/aromatic N) is 1. The average molecular weight is 392 g/mol. The van der Waals surface area contributed by atoms with Gasteiger partial charge in [-0.2, -0.15) is 0 Å². The summed E-state index contributed by atoms with van der Waals surface area (Å²) in [4.78, 5) is 26.5. The van der Waals surface area contributed by atoms with E-state index in [2.05, 4.69) is 29.6 Å². The van der Waals surface area contributed by atoms with Crippen molar-refractivity contribution in [3.8, 4) is 5.75 Å². The van der Waals surface area contributed by atoms with Crippen molar-refractivity contribution >= 4 is 11.8 Å². The number of carbonyl (C=O) groups excluding carboxylic acids is 2. The molecule has 4 rings (SSSR count). The predicted octanol–water partition coefficient (Wildman–Crippen LogP) is 3.25. The highest BCUT2D eigenvalue weighted by atomic mass is 16.5. The lowest BCUT2D eigenvalue weighted by Crippen LogP contribution is -2.46. The molecule has 1 N–H and O–H groups in total. The van der Waals surface area contributed by atoms with Crippen LogP contribution in [0.15, 0.2) is 54.6 Å². The SMILES string of the molecule is CNC(=O)CC1CC2(CCN(C(=O)COc3ccccc3)CC2)c2ccccc21. The van der Waals surface area contributed by atoms with Gasteiger partial charge in [0.2, 0.25) is 5.91 Å². The van der Waals surface area contributed by atoms with Gasteiger partial charge in [0.1, 0.15) is 5.75 Å². The molecule has 152 valence electrons. The lowest BCUT2D eigenvalue weighted by atomic mass is 9.73. The third-order valence-corrected chi connectivity index (χ3v) is 6.50. The van der Waals surface area contributed by atoms with Gasteiger partial charge >= 0.3 is 0 Å². The number of amides is 2. The van der Waals surface area contributed by atoms with E-state index >= 15 is 0 Å². The summed E-state index contributed by atoms with van der Waals surface area (Å²) in [6, 6.07) is 18.0. The molecule has 1 atom stereocenters. The minimum absolute atomic E-state index is 0.0388. The van der Waals surface area contributed by atoms with Crippen LogP contribution in [0, 0.1) is 0 Å². The molecule has 1 unspecified atom stereocenters. The van der Waals surface area contributed by atoms with Crippen LogP contribution in [0.25, 0.3) is 0 Å². The number of fused-ring (bicyclic) bond motifs is 2. The minimum Gasteiger partial charge on any atom is -0.484 e. The van der Waals surface area contributed by atoms with Gasteiger partial charge in [-0.1, -0.05) is 42.5 Å². The second kappa shape index (κ2) is 8.27. The van der Waals surface area contributed by atoms with Crippen molar-refractivity contribution in [1.82, 2.24) is 10.2 Å². The summed E-state index contributed by atoms with van der Waals surface area (Å²) >= 11 is 0. The molecule has 0 aromatic heterocycles. The Labute approximate surface area is 172 Å². The van der Waals surface area contributed by atoms with Crippen LogP contribution < -0.4 is 10.1 Å². The third-order valence-electron chi connectivity index (χ3n) is 6.50. The van der Waals surface area contributed by atoms with Gasteiger partial charge in [-0.15, -0.1) is 0 Å². The Kier molecular flexibility index (Phi) is 5.56. The van der Waals surface area contributed by atoms with E-state index in [0.717, 1.165) is 38.1 Å². The van der Waals surface area contributed by atoms with Gasteiger partial charge < -0.3 is 15.0 Å². The molecule has 1 saturated heterocycles. The Morgan fingerprint density at radius 3 is 2.48 bits per heavy atom. The molecule has 0 bridgehead atoms. The zero-order valence-corrected chi connectivity index (χ0v) is 16.9. The van der Waals surface area contributed by atoms with E-state index in [4.69, 9.17) is 4.74 Å². The van der Waals surface area contributed by atoms with E-state index in [1.807, 2.05) is 35.2 Å². The van der Waals surface area contributed by atoms with E-state index < -0.39 is 0 Å². The second-order valence-corrected chi connectivity index (χ2v) is 8.13. The highest BCUT2D eigenvalue weighted by molar-refractivity contribution is 5.78. The number of carbonyl (C=O) groups is 2. The highest BCUT2D eigenvalue weighted by Gasteiger charge is 2.46. The first-order valence-corrected chi connectivity index (χ1v) is 10.4. The van der Waals surface area contributed by atoms with Crippen molar-refractivity contribution in [3.05, 3.63) is 65.7 Å². The van der Waals surface area contributed by atoms with Gasteiger partial charge in [-0.25, -0.2) is 0 Å². The number of ether oxygens (including phenoxy) is 1. The fraction of sp³-hybridized carbons (Fsp3) is 0.417. The van der Waals surface area contributed by atoms with Crippen molar-refractivity contribution in [1.29, 1.82) is 0 Å². The van der Waals surface area contributed by atoms with E-state index in [9.17, 15) is 9.59 Å². The van der Waals surface area contributed by atoms with E-state index in [1.54, 1.807) is 7.05 Å². The third kappa shape index (κ3) is 4.00. The number of hydrogen-bond donors (Lipinski definition) is 1. The quantitative estimate of drug-likeness (QED) is 0.850. The minimum atomic E-state index is 0.0388. The summed E-state index contributed by atoms with van der Waals surface area (Å²) in [6.07, 6.45) is 3.39. The summed E-state index contributed by atoms with van der Waals surface area (Å²) in [6.45, 7) is 1.54. The summed E-state index contributed by atoms with van der Waals surface area (Å²) in [7, 11) is 1.70. The molecule has 2 aromatic rings. The maximum absolute atomic E-state index is 12.6. The van der Waals surface area contributed by atoms with Crippen LogP contribution in [-0.4, -0.2) is 43.5 Å². The lowest BCUT2D eigenvalue weighted by Gasteiger charge is -2.40. The standard InChI is InChI=1S/C24H28N2O3/c1-25-22(27)15-18-16-24(21-10-6-5-9-20(18)21)11-13-26(14-12-24)23(28)17-29-19-7-3-2-4-8-19/h2-10,18H,11-17H2,1H3,(H,25,27). The molecule has 1 aliphatic carbocycles. The number of rotatable bonds is 5. The molecule has 0 saturated carbocycles. The van der Waals surface area contributed by atoms with Crippen molar-refractivity contribution in [2.24, 2.45) is 0 Å². The van der Waals surface area contributed by atoms with Crippen molar-refractivity contribution in [2.75, 3.05) is 26.7 Å². The fourth-order valence-corrected chi connectivity index (χ4v) is 4.95. The van der Waals surface area contributed by atoms with Gasteiger partial charge in [0.05, 0.1) is 0 Å². The Morgan fingerprint density at radius 1 is 1.07 bits per heavy atom. The van der Waals surface area contributed by atoms with Gasteiger partial charge in [0, 0.05) is 26.6 Å². The molecular formula is C24H28N2O3. The number of hydrogen-bond acceptors (Lipinski definition) is 3. The van der Waals surface area contributed by atoms with Crippen LogP contribution in [0.5, 0.6) is 5.75 Å². The topological polar surface area (TPSA) is 58.6 Å². The van der Waals surface area contributed by atoms with Gasteiger partial charge in [-0.3, -0.25) is 9.59 Å². The molecule has 1 spiro atoms. The zero-order valence-electron chi connectivity index (χ0n) is 16.9. The molecule has 1 aliphatic heterocycles. The zero-order chi connectivity index (χ0) is 20.3. The van der Waals surface area contributed by atoms with Crippen LogP contribution in [0.4, 0.5) is 0 Å². The van der Waals surface area contributed by atoms with Crippen LogP contribution in [-0.2, 0) is 15.0 Å². The number of para-hydroxylation sites is 1. The first-order chi connectivity index (χ1) is 14.1. The Morgan fingerprint density at radius 2 is 1.76 bits per heavy atom. The first kappa shape index (κ1) is 19.5. The highest BCUT2D eigenvalue weighted by Crippen LogP contribution is 2.52. The van der Waals surface area contributed by atoms with Crippen LogP contribution in [0.1, 0.15) is 42.7 Å². The van der Waals surface area contributed by atoms with Crippen molar-refractivity contribution < 1.29 is 14.3 Å². The van der Waals surface area contributed by atoms with Crippen molar-refractivity contribution in [3.63, 3.8) is 0 Å². The van der Waals surface area contributed by atoms with E-state index in [1.165, 1.54) is 11.1 Å². The second-order valence-electron chi connectivity index (χ2n) is 8.13. The van der Waals surface area contributed by atoms with Crippen LogP contribution in [0.3, 0.4) is 0 Å². The number of benzene rings is 2. The molecule has 2 aromatic carbocycles. The maximum Gasteiger partial charge on any atom is 0.260 e. The first-order valence-electron chi connectivity index (χ1n) is 10.4. The number of likely N-dealkylation sites (tertiary alicyclic amines) is 1. The molecule has 1 fully saturated rings. The van der Waals surface area contributed by atoms with Crippen molar-refractivity contribution in [2.45, 2.75) is 37.0 Å². The Balaban J connectivity index is 1.40. The molecule has 0 radical (unpaired) electrons. The van der Waals surface area contributed by atoms with Gasteiger partial charge in [0.15, 0.2) is 6.61 Å². The van der Waals surface area contributed by atoms with Gasteiger partial charge in [-0.05, 0) is 53.9 Å². The predicted molar refractivity (Wildman–Crippen MR) is 112 cm³/mol.